The van der Waals surface area contributed by atoms with E-state index < -0.39 is 0 Å². The third-order valence-corrected chi connectivity index (χ3v) is 1.93. The Kier molecular flexibility index (Phi) is 5.58. The van der Waals surface area contributed by atoms with Gasteiger partial charge in [-0.1, -0.05) is 20.4 Å². The normalized spacial score (nSPS) is 16.5. The highest BCUT2D eigenvalue weighted by Gasteiger charge is 2.10. The zero-order chi connectivity index (χ0) is 10.4. The molecule has 2 atom stereocenters. The van der Waals surface area contributed by atoms with Gasteiger partial charge in [-0.3, -0.25) is 4.99 Å². The maximum Gasteiger partial charge on any atom is 0.0894 e. The van der Waals surface area contributed by atoms with E-state index >= 15 is 0 Å². The molecule has 2 N–H and O–H groups in total. The van der Waals surface area contributed by atoms with Gasteiger partial charge in [0.05, 0.1) is 6.10 Å². The average molecular weight is 184 g/mol. The molecule has 1 unspecified atom stereocenters. The Bertz CT molecular complexity index is 187. The summed E-state index contributed by atoms with van der Waals surface area (Å²) in [6, 6.07) is -0.0692. The Morgan fingerprint density at radius 2 is 2.00 bits per heavy atom. The first-order chi connectivity index (χ1) is 5.99. The summed E-state index contributed by atoms with van der Waals surface area (Å²) >= 11 is 0. The first-order valence-electron chi connectivity index (χ1n) is 4.50. The molecule has 0 aliphatic rings. The fourth-order valence-corrected chi connectivity index (χ4v) is 0.732. The summed E-state index contributed by atoms with van der Waals surface area (Å²) < 4.78 is 5.01. The average Bonchev–Trinajstić information content (AvgIpc) is 2.11. The predicted molar refractivity (Wildman–Crippen MR) is 56.9 cm³/mol. The number of rotatable bonds is 5. The van der Waals surface area contributed by atoms with Crippen molar-refractivity contribution in [1.82, 2.24) is 0 Å². The van der Waals surface area contributed by atoms with Gasteiger partial charge in [0.2, 0.25) is 0 Å². The topological polar surface area (TPSA) is 47.6 Å². The highest BCUT2D eigenvalue weighted by atomic mass is 16.5. The zero-order valence-corrected chi connectivity index (χ0v) is 8.95. The lowest BCUT2D eigenvalue weighted by molar-refractivity contribution is 0.174. The zero-order valence-electron chi connectivity index (χ0n) is 8.95. The molecule has 13 heavy (non-hydrogen) atoms. The van der Waals surface area contributed by atoms with E-state index in [1.54, 1.807) is 13.3 Å². The Labute approximate surface area is 80.7 Å². The molecule has 3 nitrogen and oxygen atoms in total. The second-order valence-electron chi connectivity index (χ2n) is 3.48. The van der Waals surface area contributed by atoms with E-state index in [9.17, 15) is 0 Å². The predicted octanol–water partition coefficient (Wildman–Crippen LogP) is 1.59. The second kappa shape index (κ2) is 5.89. The molecule has 3 heteroatoms. The van der Waals surface area contributed by atoms with Crippen LogP contribution in [0.5, 0.6) is 0 Å². The standard InChI is InChI=1S/C10H20N2O/c1-7(2)10(11)9(4)12-6-8(3)13-5/h6-8,10H,4,11H2,1-3,5H3/b12-6-/t8?,10-/m0/s1. The van der Waals surface area contributed by atoms with Crippen LogP contribution in [-0.4, -0.2) is 25.5 Å². The SMILES string of the molecule is C=C(/N=C\C(C)OC)[C@@H](N)C(C)C. The van der Waals surface area contributed by atoms with Gasteiger partial charge < -0.3 is 10.5 Å². The number of hydrogen-bond donors (Lipinski definition) is 1. The van der Waals surface area contributed by atoms with Gasteiger partial charge in [-0.15, -0.1) is 0 Å². The molecule has 0 heterocycles. The molecular formula is C10H20N2O. The largest absolute Gasteiger partial charge is 0.376 e. The van der Waals surface area contributed by atoms with E-state index in [2.05, 4.69) is 11.6 Å². The van der Waals surface area contributed by atoms with Crippen LogP contribution in [-0.2, 0) is 4.74 Å². The maximum atomic E-state index is 5.83. The molecule has 0 aromatic carbocycles. The minimum atomic E-state index is -0.0692. The molecular weight excluding hydrogens is 164 g/mol. The summed E-state index contributed by atoms with van der Waals surface area (Å²) in [6.45, 7) is 9.81. The highest BCUT2D eigenvalue weighted by Crippen LogP contribution is 2.08. The van der Waals surface area contributed by atoms with Crippen molar-refractivity contribution >= 4 is 6.21 Å². The summed E-state index contributed by atoms with van der Waals surface area (Å²) in [4.78, 5) is 4.15. The Morgan fingerprint density at radius 1 is 1.46 bits per heavy atom. The molecule has 0 fully saturated rings. The minimum Gasteiger partial charge on any atom is -0.376 e. The number of hydrogen-bond acceptors (Lipinski definition) is 3. The van der Waals surface area contributed by atoms with Crippen LogP contribution in [0.2, 0.25) is 0 Å². The van der Waals surface area contributed by atoms with Gasteiger partial charge >= 0.3 is 0 Å². The van der Waals surface area contributed by atoms with Gasteiger partial charge in [0.1, 0.15) is 0 Å². The lowest BCUT2D eigenvalue weighted by Gasteiger charge is -2.15. The Hall–Kier alpha value is -0.670. The van der Waals surface area contributed by atoms with Crippen LogP contribution in [0, 0.1) is 5.92 Å². The van der Waals surface area contributed by atoms with Crippen LogP contribution >= 0.6 is 0 Å². The molecule has 0 aliphatic heterocycles. The lowest BCUT2D eigenvalue weighted by atomic mass is 10.0. The maximum absolute atomic E-state index is 5.83. The van der Waals surface area contributed by atoms with E-state index in [4.69, 9.17) is 10.5 Å². The minimum absolute atomic E-state index is 0.0103. The monoisotopic (exact) mass is 184 g/mol. The number of aliphatic imine (C=N–C) groups is 1. The molecule has 0 amide bonds. The van der Waals surface area contributed by atoms with E-state index in [0.29, 0.717) is 11.6 Å². The van der Waals surface area contributed by atoms with E-state index in [-0.39, 0.29) is 12.1 Å². The van der Waals surface area contributed by atoms with Crippen LogP contribution in [0.3, 0.4) is 0 Å². The molecule has 0 saturated carbocycles. The third kappa shape index (κ3) is 4.80. The Balaban J connectivity index is 4.07. The number of methoxy groups -OCH3 is 1. The summed E-state index contributed by atoms with van der Waals surface area (Å²) in [7, 11) is 1.64. The van der Waals surface area contributed by atoms with Crippen molar-refractivity contribution in [3.63, 3.8) is 0 Å². The van der Waals surface area contributed by atoms with E-state index in [1.807, 2.05) is 20.8 Å². The summed E-state index contributed by atoms with van der Waals surface area (Å²) in [5.41, 5.74) is 6.54. The van der Waals surface area contributed by atoms with E-state index in [1.165, 1.54) is 0 Å². The van der Waals surface area contributed by atoms with Gasteiger partial charge in [0.15, 0.2) is 0 Å². The fraction of sp³-hybridized carbons (Fsp3) is 0.700. The van der Waals surface area contributed by atoms with Crippen molar-refractivity contribution in [2.45, 2.75) is 32.9 Å². The molecule has 0 saturated heterocycles. The first kappa shape index (κ1) is 12.3. The van der Waals surface area contributed by atoms with Crippen molar-refractivity contribution in [1.29, 1.82) is 0 Å². The summed E-state index contributed by atoms with van der Waals surface area (Å²) in [5, 5.41) is 0. The Morgan fingerprint density at radius 3 is 2.38 bits per heavy atom. The molecule has 0 bridgehead atoms. The molecule has 0 spiro atoms. The first-order valence-corrected chi connectivity index (χ1v) is 4.50. The molecule has 76 valence electrons. The van der Waals surface area contributed by atoms with Crippen LogP contribution in [0.4, 0.5) is 0 Å². The number of nitrogens with two attached hydrogens (primary N) is 1. The summed E-state index contributed by atoms with van der Waals surface area (Å²) in [6.07, 6.45) is 1.72. The third-order valence-electron chi connectivity index (χ3n) is 1.93. The van der Waals surface area contributed by atoms with Crippen molar-refractivity contribution in [3.05, 3.63) is 12.3 Å². The van der Waals surface area contributed by atoms with Gasteiger partial charge in [0.25, 0.3) is 0 Å². The molecule has 0 aliphatic carbocycles. The second-order valence-corrected chi connectivity index (χ2v) is 3.48. The fourth-order valence-electron chi connectivity index (χ4n) is 0.732. The molecule has 0 radical (unpaired) electrons. The van der Waals surface area contributed by atoms with Crippen molar-refractivity contribution in [3.8, 4) is 0 Å². The number of ether oxygens (including phenoxy) is 1. The van der Waals surface area contributed by atoms with Crippen LogP contribution in [0.1, 0.15) is 20.8 Å². The number of nitrogens with zero attached hydrogens (tertiary/aromatic N) is 1. The van der Waals surface area contributed by atoms with Gasteiger partial charge in [0, 0.05) is 25.1 Å². The lowest BCUT2D eigenvalue weighted by Crippen LogP contribution is -2.27. The van der Waals surface area contributed by atoms with Gasteiger partial charge in [-0.25, -0.2) is 0 Å². The molecule has 0 aromatic heterocycles. The molecule has 0 rings (SSSR count). The van der Waals surface area contributed by atoms with Crippen LogP contribution in [0.15, 0.2) is 17.3 Å². The quantitative estimate of drug-likeness (QED) is 0.659. The van der Waals surface area contributed by atoms with Crippen molar-refractivity contribution in [2.75, 3.05) is 7.11 Å². The smallest absolute Gasteiger partial charge is 0.0894 e. The van der Waals surface area contributed by atoms with Crippen LogP contribution in [0.25, 0.3) is 0 Å². The summed E-state index contributed by atoms with van der Waals surface area (Å²) in [5.74, 6) is 0.363. The molecule has 0 aromatic rings. The van der Waals surface area contributed by atoms with Gasteiger partial charge in [-0.05, 0) is 12.8 Å². The van der Waals surface area contributed by atoms with Gasteiger partial charge in [-0.2, -0.15) is 0 Å². The van der Waals surface area contributed by atoms with Crippen LogP contribution < -0.4 is 5.73 Å². The highest BCUT2D eigenvalue weighted by molar-refractivity contribution is 5.64. The van der Waals surface area contributed by atoms with E-state index in [0.717, 1.165) is 0 Å². The van der Waals surface area contributed by atoms with Crippen molar-refractivity contribution in [2.24, 2.45) is 16.6 Å². The van der Waals surface area contributed by atoms with Crippen molar-refractivity contribution < 1.29 is 4.74 Å².